The number of imidazole rings is 1. The summed E-state index contributed by atoms with van der Waals surface area (Å²) in [6.45, 7) is 3.84. The van der Waals surface area contributed by atoms with Gasteiger partial charge in [-0.1, -0.05) is 30.3 Å². The molecular weight excluding hydrogens is 454 g/mol. The highest BCUT2D eigenvalue weighted by Crippen LogP contribution is 2.29. The predicted molar refractivity (Wildman–Crippen MR) is 129 cm³/mol. The molecule has 0 amide bonds. The Hall–Kier alpha value is -3.56. The SMILES string of the molecule is COc1ccc2nc([S+]([O-])Cc3ncc(C)c(OC)c3C)n(C(=O)OCc3ccccc3)c2c1. The maximum atomic E-state index is 13.5. The van der Waals surface area contributed by atoms with Gasteiger partial charge in [-0.25, -0.2) is 4.79 Å². The second kappa shape index (κ2) is 10.1. The topological polar surface area (TPSA) is 98.5 Å². The smallest absolute Gasteiger partial charge is 0.424 e. The van der Waals surface area contributed by atoms with E-state index in [4.69, 9.17) is 14.2 Å². The van der Waals surface area contributed by atoms with Gasteiger partial charge in [-0.3, -0.25) is 4.98 Å². The quantitative estimate of drug-likeness (QED) is 0.358. The number of carbonyl (C=O) groups is 1. The van der Waals surface area contributed by atoms with E-state index in [1.54, 1.807) is 31.5 Å². The molecule has 1 unspecified atom stereocenters. The number of hydrogen-bond donors (Lipinski definition) is 0. The number of ether oxygens (including phenoxy) is 3. The maximum Gasteiger partial charge on any atom is 0.424 e. The zero-order valence-corrected chi connectivity index (χ0v) is 20.2. The molecule has 2 aromatic carbocycles. The monoisotopic (exact) mass is 479 g/mol. The summed E-state index contributed by atoms with van der Waals surface area (Å²) in [5.74, 6) is 1.31. The van der Waals surface area contributed by atoms with E-state index in [1.165, 1.54) is 11.7 Å². The Morgan fingerprint density at radius 2 is 1.85 bits per heavy atom. The van der Waals surface area contributed by atoms with Crippen LogP contribution >= 0.6 is 0 Å². The minimum atomic E-state index is -1.69. The van der Waals surface area contributed by atoms with Crippen molar-refractivity contribution in [3.63, 3.8) is 0 Å². The first-order valence-corrected chi connectivity index (χ1v) is 11.9. The maximum absolute atomic E-state index is 13.5. The average molecular weight is 480 g/mol. The summed E-state index contributed by atoms with van der Waals surface area (Å²) in [5, 5.41) is 0.0852. The summed E-state index contributed by atoms with van der Waals surface area (Å²) < 4.78 is 31.1. The Labute approximate surface area is 200 Å². The van der Waals surface area contributed by atoms with Gasteiger partial charge in [0.15, 0.2) is 5.75 Å². The molecule has 1 atom stereocenters. The fourth-order valence-electron chi connectivity index (χ4n) is 3.68. The molecule has 0 aliphatic heterocycles. The van der Waals surface area contributed by atoms with E-state index in [9.17, 15) is 9.35 Å². The summed E-state index contributed by atoms with van der Waals surface area (Å²) in [7, 11) is 3.12. The lowest BCUT2D eigenvalue weighted by Gasteiger charge is -2.15. The van der Waals surface area contributed by atoms with Gasteiger partial charge in [-0.05, 0) is 31.5 Å². The first-order valence-electron chi connectivity index (χ1n) is 10.6. The van der Waals surface area contributed by atoms with Gasteiger partial charge in [-0.15, -0.1) is 0 Å². The molecule has 0 spiro atoms. The molecule has 8 nitrogen and oxygen atoms in total. The molecule has 176 valence electrons. The van der Waals surface area contributed by atoms with Crippen molar-refractivity contribution in [1.82, 2.24) is 14.5 Å². The number of aromatic nitrogens is 3. The van der Waals surface area contributed by atoms with Gasteiger partial charge in [0, 0.05) is 34.6 Å². The third-order valence-corrected chi connectivity index (χ3v) is 6.66. The molecule has 9 heteroatoms. The lowest BCUT2D eigenvalue weighted by Crippen LogP contribution is -2.21. The van der Waals surface area contributed by atoms with Crippen LogP contribution in [0.3, 0.4) is 0 Å². The first kappa shape index (κ1) is 23.6. The van der Waals surface area contributed by atoms with Crippen LogP contribution in [0.5, 0.6) is 11.5 Å². The minimum absolute atomic E-state index is 0.0644. The van der Waals surface area contributed by atoms with Crippen molar-refractivity contribution in [1.29, 1.82) is 0 Å². The third kappa shape index (κ3) is 4.71. The Morgan fingerprint density at radius 3 is 2.56 bits per heavy atom. The van der Waals surface area contributed by atoms with Crippen LogP contribution in [0.4, 0.5) is 4.79 Å². The zero-order chi connectivity index (χ0) is 24.2. The van der Waals surface area contributed by atoms with Crippen LogP contribution in [0.1, 0.15) is 22.4 Å². The average Bonchev–Trinajstić information content (AvgIpc) is 3.24. The molecule has 4 aromatic rings. The first-order chi connectivity index (χ1) is 16.4. The number of rotatable bonds is 7. The Morgan fingerprint density at radius 1 is 1.09 bits per heavy atom. The van der Waals surface area contributed by atoms with Crippen molar-refractivity contribution in [2.75, 3.05) is 14.2 Å². The molecular formula is C25H25N3O5S. The number of hydrogen-bond acceptors (Lipinski definition) is 7. The molecule has 0 saturated heterocycles. The highest BCUT2D eigenvalue weighted by Gasteiger charge is 2.29. The van der Waals surface area contributed by atoms with Gasteiger partial charge in [0.25, 0.3) is 0 Å². The summed E-state index contributed by atoms with van der Waals surface area (Å²) >= 11 is -1.69. The minimum Gasteiger partial charge on any atom is -0.609 e. The molecule has 0 N–H and O–H groups in total. The van der Waals surface area contributed by atoms with Crippen molar-refractivity contribution in [2.24, 2.45) is 0 Å². The number of methoxy groups -OCH3 is 2. The second-order valence-corrected chi connectivity index (χ2v) is 9.01. The summed E-state index contributed by atoms with van der Waals surface area (Å²) in [6.07, 6.45) is 1.01. The Bertz CT molecular complexity index is 1320. The zero-order valence-electron chi connectivity index (χ0n) is 19.4. The standard InChI is InChI=1S/C25H25N3O5S/c1-16-13-26-21(17(2)23(16)32-4)15-34(30)24-27-20-11-10-19(31-3)12-22(20)28(24)25(29)33-14-18-8-6-5-7-9-18/h5-13H,14-15H2,1-4H3. The number of pyridine rings is 1. The fourth-order valence-corrected chi connectivity index (χ4v) is 4.92. The van der Waals surface area contributed by atoms with Crippen molar-refractivity contribution in [2.45, 2.75) is 31.4 Å². The number of nitrogens with zero attached hydrogens (tertiary/aromatic N) is 3. The van der Waals surface area contributed by atoms with Crippen LogP contribution in [-0.2, 0) is 28.3 Å². The normalized spacial score (nSPS) is 11.9. The lowest BCUT2D eigenvalue weighted by atomic mass is 10.1. The Balaban J connectivity index is 1.71. The molecule has 0 fully saturated rings. The van der Waals surface area contributed by atoms with Crippen molar-refractivity contribution in [3.8, 4) is 11.5 Å². The van der Waals surface area contributed by atoms with Crippen molar-refractivity contribution >= 4 is 28.3 Å². The van der Waals surface area contributed by atoms with E-state index in [0.29, 0.717) is 28.2 Å². The van der Waals surface area contributed by atoms with E-state index in [1.807, 2.05) is 44.2 Å². The van der Waals surface area contributed by atoms with Gasteiger partial charge < -0.3 is 18.8 Å². The molecule has 34 heavy (non-hydrogen) atoms. The highest BCUT2D eigenvalue weighted by molar-refractivity contribution is 7.90. The van der Waals surface area contributed by atoms with Crippen LogP contribution in [-0.4, -0.2) is 39.4 Å². The van der Waals surface area contributed by atoms with Crippen LogP contribution in [0.15, 0.2) is 59.9 Å². The summed E-state index contributed by atoms with van der Waals surface area (Å²) in [6, 6.07) is 14.5. The second-order valence-electron chi connectivity index (χ2n) is 7.66. The van der Waals surface area contributed by atoms with Crippen LogP contribution in [0.25, 0.3) is 11.0 Å². The van der Waals surface area contributed by atoms with Crippen LogP contribution in [0.2, 0.25) is 0 Å². The molecule has 0 aliphatic carbocycles. The van der Waals surface area contributed by atoms with E-state index in [0.717, 1.165) is 16.7 Å². The lowest BCUT2D eigenvalue weighted by molar-refractivity contribution is 0.140. The summed E-state index contributed by atoms with van der Waals surface area (Å²) in [4.78, 5) is 22.1. The van der Waals surface area contributed by atoms with Crippen LogP contribution < -0.4 is 9.47 Å². The van der Waals surface area contributed by atoms with Gasteiger partial charge in [0.05, 0.1) is 30.9 Å². The summed E-state index contributed by atoms with van der Waals surface area (Å²) in [5.41, 5.74) is 4.09. The van der Waals surface area contributed by atoms with Gasteiger partial charge in [0.1, 0.15) is 18.1 Å². The number of aryl methyl sites for hydroxylation is 1. The van der Waals surface area contributed by atoms with Crippen molar-refractivity contribution in [3.05, 3.63) is 77.1 Å². The molecule has 0 saturated carbocycles. The number of carbonyl (C=O) groups excluding carboxylic acids is 1. The van der Waals surface area contributed by atoms with Gasteiger partial charge >= 0.3 is 11.2 Å². The molecule has 0 aliphatic rings. The highest BCUT2D eigenvalue weighted by atomic mass is 32.2. The van der Waals surface area contributed by atoms with E-state index in [2.05, 4.69) is 9.97 Å². The van der Waals surface area contributed by atoms with E-state index >= 15 is 0 Å². The van der Waals surface area contributed by atoms with E-state index in [-0.39, 0.29) is 17.5 Å². The Kier molecular flexibility index (Phi) is 7.04. The molecule has 4 rings (SSSR count). The van der Waals surface area contributed by atoms with Gasteiger partial charge in [-0.2, -0.15) is 9.55 Å². The third-order valence-electron chi connectivity index (χ3n) is 5.44. The van der Waals surface area contributed by atoms with Crippen LogP contribution in [0, 0.1) is 13.8 Å². The van der Waals surface area contributed by atoms with E-state index < -0.39 is 17.3 Å². The molecule has 2 heterocycles. The number of benzene rings is 2. The van der Waals surface area contributed by atoms with Crippen molar-refractivity contribution < 1.29 is 23.6 Å². The molecule has 0 radical (unpaired) electrons. The van der Waals surface area contributed by atoms with Gasteiger partial charge in [0.2, 0.25) is 0 Å². The fraction of sp³-hybridized carbons (Fsp3) is 0.240. The molecule has 0 bridgehead atoms. The largest absolute Gasteiger partial charge is 0.609 e. The number of fused-ring (bicyclic) bond motifs is 1. The molecule has 2 aromatic heterocycles. The predicted octanol–water partition coefficient (Wildman–Crippen LogP) is 4.56.